The molecule has 7 heteroatoms. The molecule has 4 rings (SSSR count). The van der Waals surface area contributed by atoms with Crippen molar-refractivity contribution in [3.05, 3.63) is 36.0 Å². The first-order valence-electron chi connectivity index (χ1n) is 15.6. The lowest BCUT2D eigenvalue weighted by molar-refractivity contribution is -0.245. The number of ether oxygens (including phenoxy) is 3. The molecule has 0 aromatic carbocycles. The lowest BCUT2D eigenvalue weighted by Gasteiger charge is -2.58. The molecule has 224 valence electrons. The second kappa shape index (κ2) is 13.5. The molecule has 4 aliphatic rings. The maximum absolute atomic E-state index is 12.8. The van der Waals surface area contributed by atoms with Crippen molar-refractivity contribution < 1.29 is 34.0 Å². The third-order valence-electron chi connectivity index (χ3n) is 10.0. The highest BCUT2D eigenvalue weighted by Crippen LogP contribution is 2.71. The monoisotopic (exact) mass is 558 g/mol. The van der Waals surface area contributed by atoms with Crippen LogP contribution >= 0.6 is 0 Å². The zero-order valence-electron chi connectivity index (χ0n) is 24.7. The first-order chi connectivity index (χ1) is 19.3. The van der Waals surface area contributed by atoms with E-state index in [9.17, 15) is 19.8 Å². The van der Waals surface area contributed by atoms with Crippen molar-refractivity contribution >= 4 is 11.8 Å². The number of fused-ring (bicyclic) bond motifs is 2. The van der Waals surface area contributed by atoms with E-state index in [0.29, 0.717) is 25.0 Å². The highest BCUT2D eigenvalue weighted by Gasteiger charge is 2.83. The van der Waals surface area contributed by atoms with Crippen molar-refractivity contribution in [2.45, 2.75) is 134 Å². The van der Waals surface area contributed by atoms with Gasteiger partial charge in [0.25, 0.3) is 0 Å². The maximum Gasteiger partial charge on any atom is 0.306 e. The Morgan fingerprint density at radius 2 is 1.73 bits per heavy atom. The summed E-state index contributed by atoms with van der Waals surface area (Å²) in [5, 5.41) is 21.7. The van der Waals surface area contributed by atoms with E-state index in [4.69, 9.17) is 14.2 Å². The van der Waals surface area contributed by atoms with Gasteiger partial charge in [-0.1, -0.05) is 70.3 Å². The summed E-state index contributed by atoms with van der Waals surface area (Å²) >= 11 is 0. The minimum atomic E-state index is -1.40. The second-order valence-corrected chi connectivity index (χ2v) is 12.5. The summed E-state index contributed by atoms with van der Waals surface area (Å²) in [5.74, 6) is -0.651. The van der Waals surface area contributed by atoms with Crippen LogP contribution in [0.15, 0.2) is 36.0 Å². The zero-order chi connectivity index (χ0) is 28.8. The van der Waals surface area contributed by atoms with Gasteiger partial charge >= 0.3 is 5.97 Å². The SMILES string of the molecule is CCCCC/C=C\C/C=C/CCCCCCCC(=O)O[C@@H]1C[C@@]2(C)C3(CO3)[C@@H]1O[C@@H]1C=C(C)C(=O)[C@@H](O)[C@@]12CO. The van der Waals surface area contributed by atoms with Gasteiger partial charge in [-0.05, 0) is 63.5 Å². The summed E-state index contributed by atoms with van der Waals surface area (Å²) in [6.07, 6.45) is 20.8. The van der Waals surface area contributed by atoms with Crippen LogP contribution in [0, 0.1) is 10.8 Å². The summed E-state index contributed by atoms with van der Waals surface area (Å²) in [5.41, 5.74) is -2.36. The van der Waals surface area contributed by atoms with Crippen LogP contribution in [0.2, 0.25) is 0 Å². The van der Waals surface area contributed by atoms with E-state index in [1.807, 2.05) is 6.92 Å². The zero-order valence-corrected chi connectivity index (χ0v) is 24.7. The molecular weight excluding hydrogens is 508 g/mol. The number of hydrogen-bond acceptors (Lipinski definition) is 7. The van der Waals surface area contributed by atoms with Gasteiger partial charge in [-0.3, -0.25) is 9.59 Å². The molecule has 0 aromatic heterocycles. The van der Waals surface area contributed by atoms with Gasteiger partial charge in [-0.15, -0.1) is 0 Å². The fourth-order valence-electron chi connectivity index (χ4n) is 7.40. The predicted molar refractivity (Wildman–Crippen MR) is 154 cm³/mol. The Bertz CT molecular complexity index is 979. The molecule has 7 nitrogen and oxygen atoms in total. The minimum Gasteiger partial charge on any atom is -0.459 e. The molecule has 40 heavy (non-hydrogen) atoms. The van der Waals surface area contributed by atoms with Crippen LogP contribution in [-0.2, 0) is 23.8 Å². The van der Waals surface area contributed by atoms with Crippen LogP contribution < -0.4 is 0 Å². The fraction of sp³-hybridized carbons (Fsp3) is 0.758. The molecule has 1 saturated carbocycles. The number of Topliss-reactive ketones (excluding diaryl/α,β-unsaturated/α-hetero) is 1. The van der Waals surface area contributed by atoms with Crippen molar-refractivity contribution in [1.82, 2.24) is 0 Å². The van der Waals surface area contributed by atoms with Crippen LogP contribution in [0.25, 0.3) is 0 Å². The van der Waals surface area contributed by atoms with Crippen molar-refractivity contribution in [1.29, 1.82) is 0 Å². The highest BCUT2D eigenvalue weighted by atomic mass is 16.7. The Kier molecular flexibility index (Phi) is 10.5. The molecule has 1 unspecified atom stereocenters. The molecule has 2 aliphatic heterocycles. The first kappa shape index (κ1) is 31.1. The molecular formula is C33H50O7. The van der Waals surface area contributed by atoms with Gasteiger partial charge in [0.2, 0.25) is 0 Å². The first-order valence-corrected chi connectivity index (χ1v) is 15.6. The number of allylic oxidation sites excluding steroid dienone is 4. The van der Waals surface area contributed by atoms with Crippen molar-refractivity contribution in [3.8, 4) is 0 Å². The summed E-state index contributed by atoms with van der Waals surface area (Å²) in [6, 6.07) is 0. The third-order valence-corrected chi connectivity index (χ3v) is 10.0. The summed E-state index contributed by atoms with van der Waals surface area (Å²) in [6.45, 7) is 5.80. The minimum absolute atomic E-state index is 0.254. The number of carbonyl (C=O) groups excluding carboxylic acids is 2. The average Bonchev–Trinajstić information content (AvgIpc) is 3.71. The second-order valence-electron chi connectivity index (χ2n) is 12.5. The van der Waals surface area contributed by atoms with Gasteiger partial charge in [0.05, 0.1) is 24.7 Å². The number of unbranched alkanes of at least 4 members (excludes halogenated alkanes) is 8. The van der Waals surface area contributed by atoms with E-state index in [1.54, 1.807) is 13.0 Å². The summed E-state index contributed by atoms with van der Waals surface area (Å²) in [4.78, 5) is 25.5. The molecule has 0 radical (unpaired) electrons. The largest absolute Gasteiger partial charge is 0.459 e. The molecule has 2 heterocycles. The maximum atomic E-state index is 12.8. The van der Waals surface area contributed by atoms with Gasteiger partial charge in [0.1, 0.15) is 23.9 Å². The number of aliphatic hydroxyl groups excluding tert-OH is 2. The Balaban J connectivity index is 1.17. The number of carbonyl (C=O) groups is 2. The summed E-state index contributed by atoms with van der Waals surface area (Å²) in [7, 11) is 0. The number of ketones is 1. The van der Waals surface area contributed by atoms with E-state index >= 15 is 0 Å². The lowest BCUT2D eigenvalue weighted by Crippen LogP contribution is -2.70. The van der Waals surface area contributed by atoms with Gasteiger partial charge in [0, 0.05) is 11.8 Å². The standard InChI is InChI=1S/C33H50O7/c1-4-5-6-7-8-9-10-11-12-13-14-15-16-17-18-19-27(35)39-25-21-31(3)32(22-34)26(20-24(2)28(36)29(32)37)40-30(25)33(31)23-38-33/h8-9,11-12,20,25-26,29-30,34,37H,4-7,10,13-19,21-23H2,1-3H3/b9-8-,12-11+/t25-,26-,29-,30-,31-,32-,33?/m1/s1. The number of rotatable bonds is 16. The van der Waals surface area contributed by atoms with Crippen LogP contribution in [0.3, 0.4) is 0 Å². The van der Waals surface area contributed by atoms with Crippen molar-refractivity contribution in [2.75, 3.05) is 13.2 Å². The number of epoxide rings is 1. The predicted octanol–water partition coefficient (Wildman–Crippen LogP) is 5.53. The van der Waals surface area contributed by atoms with Crippen molar-refractivity contribution in [2.24, 2.45) is 10.8 Å². The smallest absolute Gasteiger partial charge is 0.306 e. The number of hydrogen-bond donors (Lipinski definition) is 2. The van der Waals surface area contributed by atoms with Crippen LogP contribution in [0.1, 0.15) is 104 Å². The van der Waals surface area contributed by atoms with Gasteiger partial charge in [0.15, 0.2) is 5.78 Å². The quantitative estimate of drug-likeness (QED) is 0.111. The van der Waals surface area contributed by atoms with E-state index in [1.165, 1.54) is 32.1 Å². The molecule has 0 amide bonds. The van der Waals surface area contributed by atoms with Gasteiger partial charge in [-0.2, -0.15) is 0 Å². The molecule has 2 aliphatic carbocycles. The molecule has 7 atom stereocenters. The molecule has 3 fully saturated rings. The van der Waals surface area contributed by atoms with E-state index < -0.39 is 53.2 Å². The Labute approximate surface area is 240 Å². The fourth-order valence-corrected chi connectivity index (χ4v) is 7.40. The molecule has 1 spiro atoms. The normalized spacial score (nSPS) is 36.4. The topological polar surface area (TPSA) is 106 Å². The Morgan fingerprint density at radius 1 is 1.07 bits per heavy atom. The lowest BCUT2D eigenvalue weighted by atomic mass is 9.50. The van der Waals surface area contributed by atoms with Crippen LogP contribution in [-0.4, -0.2) is 65.2 Å². The molecule has 2 bridgehead atoms. The van der Waals surface area contributed by atoms with Crippen molar-refractivity contribution in [3.63, 3.8) is 0 Å². The van der Waals surface area contributed by atoms with Gasteiger partial charge < -0.3 is 24.4 Å². The molecule has 2 N–H and O–H groups in total. The van der Waals surface area contributed by atoms with Crippen LogP contribution in [0.5, 0.6) is 0 Å². The van der Waals surface area contributed by atoms with E-state index in [-0.39, 0.29) is 5.97 Å². The number of aliphatic hydroxyl groups is 2. The highest BCUT2D eigenvalue weighted by molar-refractivity contribution is 6.00. The Hall–Kier alpha value is -1.80. The van der Waals surface area contributed by atoms with Crippen LogP contribution in [0.4, 0.5) is 0 Å². The molecule has 0 aromatic rings. The summed E-state index contributed by atoms with van der Waals surface area (Å²) < 4.78 is 18.3. The average molecular weight is 559 g/mol. The van der Waals surface area contributed by atoms with E-state index in [0.717, 1.165) is 38.5 Å². The third kappa shape index (κ3) is 5.77. The van der Waals surface area contributed by atoms with Gasteiger partial charge in [-0.25, -0.2) is 0 Å². The number of esters is 1. The Morgan fingerprint density at radius 3 is 2.38 bits per heavy atom. The van der Waals surface area contributed by atoms with E-state index in [2.05, 4.69) is 31.2 Å². The molecule has 2 saturated heterocycles.